The van der Waals surface area contributed by atoms with Crippen LogP contribution in [-0.4, -0.2) is 39.2 Å². The van der Waals surface area contributed by atoms with Gasteiger partial charge in [0.25, 0.3) is 0 Å². The van der Waals surface area contributed by atoms with Crippen LogP contribution >= 0.6 is 0 Å². The summed E-state index contributed by atoms with van der Waals surface area (Å²) in [5.41, 5.74) is 0. The van der Waals surface area contributed by atoms with Gasteiger partial charge in [-0.15, -0.1) is 0 Å². The lowest BCUT2D eigenvalue weighted by Gasteiger charge is -2.16. The Hall–Kier alpha value is -1.43. The van der Waals surface area contributed by atoms with Crippen molar-refractivity contribution < 1.29 is 14.4 Å². The van der Waals surface area contributed by atoms with E-state index in [1.54, 1.807) is 4.90 Å². The third-order valence-electron chi connectivity index (χ3n) is 2.36. The van der Waals surface area contributed by atoms with Crippen molar-refractivity contribution in [3.63, 3.8) is 0 Å². The fourth-order valence-electron chi connectivity index (χ4n) is 1.72. The molecule has 0 radical (unpaired) electrons. The molecule has 0 atom stereocenters. The van der Waals surface area contributed by atoms with E-state index in [1.807, 2.05) is 6.92 Å². The van der Waals surface area contributed by atoms with Crippen LogP contribution in [0.4, 0.5) is 0 Å². The lowest BCUT2D eigenvalue weighted by molar-refractivity contribution is -0.138. The molecule has 0 amide bonds. The predicted molar refractivity (Wildman–Crippen MR) is 66.0 cm³/mol. The third kappa shape index (κ3) is 5.27. The summed E-state index contributed by atoms with van der Waals surface area (Å²) < 4.78 is 5.13. The summed E-state index contributed by atoms with van der Waals surface area (Å²) in [7, 11) is 0. The van der Waals surface area contributed by atoms with Crippen LogP contribution in [0, 0.1) is 5.92 Å². The van der Waals surface area contributed by atoms with E-state index in [4.69, 9.17) is 9.63 Å². The average Bonchev–Trinajstić information content (AvgIpc) is 2.63. The summed E-state index contributed by atoms with van der Waals surface area (Å²) in [6.45, 7) is 7.27. The van der Waals surface area contributed by atoms with E-state index < -0.39 is 5.97 Å². The molecule has 0 aliphatic carbocycles. The lowest BCUT2D eigenvalue weighted by Crippen LogP contribution is -2.30. The van der Waals surface area contributed by atoms with Crippen molar-refractivity contribution >= 4 is 5.97 Å². The summed E-state index contributed by atoms with van der Waals surface area (Å²) in [5, 5.41) is 12.7. The highest BCUT2D eigenvalue weighted by Crippen LogP contribution is 2.07. The zero-order valence-corrected chi connectivity index (χ0v) is 11.2. The standard InChI is InChI=1S/C12H21N3O3/c1-4-5-15(8-12(16)17)7-11-13-10(14-18-11)6-9(2)3/h9H,4-8H2,1-3H3,(H,16,17). The molecular formula is C12H21N3O3. The summed E-state index contributed by atoms with van der Waals surface area (Å²) in [5.74, 6) is 0.804. The summed E-state index contributed by atoms with van der Waals surface area (Å²) in [6.07, 6.45) is 1.66. The van der Waals surface area contributed by atoms with E-state index in [1.165, 1.54) is 0 Å². The zero-order valence-electron chi connectivity index (χ0n) is 11.2. The molecule has 1 N–H and O–H groups in total. The first-order valence-electron chi connectivity index (χ1n) is 6.26. The third-order valence-corrected chi connectivity index (χ3v) is 2.36. The van der Waals surface area contributed by atoms with Crippen molar-refractivity contribution in [3.05, 3.63) is 11.7 Å². The molecule has 1 heterocycles. The van der Waals surface area contributed by atoms with Gasteiger partial charge in [0.15, 0.2) is 5.82 Å². The summed E-state index contributed by atoms with van der Waals surface area (Å²) >= 11 is 0. The van der Waals surface area contributed by atoms with Crippen LogP contribution in [0.25, 0.3) is 0 Å². The average molecular weight is 255 g/mol. The molecule has 0 spiro atoms. The largest absolute Gasteiger partial charge is 0.480 e. The van der Waals surface area contributed by atoms with Crippen molar-refractivity contribution in [2.75, 3.05) is 13.1 Å². The second-order valence-electron chi connectivity index (χ2n) is 4.81. The lowest BCUT2D eigenvalue weighted by atomic mass is 10.1. The Kier molecular flexibility index (Phi) is 5.77. The smallest absolute Gasteiger partial charge is 0.317 e. The maximum atomic E-state index is 10.7. The molecule has 18 heavy (non-hydrogen) atoms. The van der Waals surface area contributed by atoms with Gasteiger partial charge in [0.2, 0.25) is 5.89 Å². The molecule has 0 saturated carbocycles. The van der Waals surface area contributed by atoms with Gasteiger partial charge in [0.05, 0.1) is 13.1 Å². The minimum Gasteiger partial charge on any atom is -0.480 e. The van der Waals surface area contributed by atoms with Crippen molar-refractivity contribution in [1.82, 2.24) is 15.0 Å². The Morgan fingerprint density at radius 1 is 1.50 bits per heavy atom. The number of aliphatic carboxylic acids is 1. The molecule has 0 saturated heterocycles. The van der Waals surface area contributed by atoms with Crippen LogP contribution in [0.3, 0.4) is 0 Å². The number of aromatic nitrogens is 2. The summed E-state index contributed by atoms with van der Waals surface area (Å²) in [4.78, 5) is 16.8. The van der Waals surface area contributed by atoms with Gasteiger partial charge < -0.3 is 9.63 Å². The zero-order chi connectivity index (χ0) is 13.5. The molecule has 102 valence electrons. The highest BCUT2D eigenvalue weighted by Gasteiger charge is 2.14. The molecule has 0 aliphatic rings. The topological polar surface area (TPSA) is 79.5 Å². The number of hydrogen-bond donors (Lipinski definition) is 1. The van der Waals surface area contributed by atoms with Crippen LogP contribution in [-0.2, 0) is 17.8 Å². The van der Waals surface area contributed by atoms with Crippen LogP contribution in [0.5, 0.6) is 0 Å². The number of hydrogen-bond acceptors (Lipinski definition) is 5. The van der Waals surface area contributed by atoms with E-state index in [0.29, 0.717) is 30.7 Å². The predicted octanol–water partition coefficient (Wildman–Crippen LogP) is 1.56. The second kappa shape index (κ2) is 7.10. The molecule has 1 rings (SSSR count). The molecule has 6 heteroatoms. The van der Waals surface area contributed by atoms with Gasteiger partial charge >= 0.3 is 5.97 Å². The number of nitrogens with zero attached hydrogens (tertiary/aromatic N) is 3. The second-order valence-corrected chi connectivity index (χ2v) is 4.81. The number of rotatable bonds is 8. The van der Waals surface area contributed by atoms with Crippen LogP contribution < -0.4 is 0 Å². The normalized spacial score (nSPS) is 11.4. The number of carboxylic acids is 1. The first kappa shape index (κ1) is 14.6. The van der Waals surface area contributed by atoms with Crippen molar-refractivity contribution in [3.8, 4) is 0 Å². The van der Waals surface area contributed by atoms with Crippen LogP contribution in [0.1, 0.15) is 38.9 Å². The van der Waals surface area contributed by atoms with Crippen molar-refractivity contribution in [2.24, 2.45) is 5.92 Å². The minimum absolute atomic E-state index is 0.00423. The number of carboxylic acid groups (broad SMARTS) is 1. The van der Waals surface area contributed by atoms with E-state index in [2.05, 4.69) is 24.0 Å². The Morgan fingerprint density at radius 2 is 2.22 bits per heavy atom. The summed E-state index contributed by atoms with van der Waals surface area (Å²) in [6, 6.07) is 0. The molecule has 0 fully saturated rings. The molecule has 1 aromatic heterocycles. The molecule has 6 nitrogen and oxygen atoms in total. The number of carbonyl (C=O) groups is 1. The maximum absolute atomic E-state index is 10.7. The van der Waals surface area contributed by atoms with E-state index in [-0.39, 0.29) is 6.54 Å². The Morgan fingerprint density at radius 3 is 2.78 bits per heavy atom. The highest BCUT2D eigenvalue weighted by molar-refractivity contribution is 5.69. The van der Waals surface area contributed by atoms with E-state index >= 15 is 0 Å². The first-order valence-corrected chi connectivity index (χ1v) is 6.26. The Labute approximate surface area is 107 Å². The van der Waals surface area contributed by atoms with Gasteiger partial charge in [-0.25, -0.2) is 0 Å². The quantitative estimate of drug-likeness (QED) is 0.759. The van der Waals surface area contributed by atoms with Crippen molar-refractivity contribution in [1.29, 1.82) is 0 Å². The molecule has 0 unspecified atom stereocenters. The van der Waals surface area contributed by atoms with E-state index in [0.717, 1.165) is 12.8 Å². The molecule has 0 aliphatic heterocycles. The first-order chi connectivity index (χ1) is 8.51. The van der Waals surface area contributed by atoms with Gasteiger partial charge in [-0.1, -0.05) is 25.9 Å². The van der Waals surface area contributed by atoms with Crippen molar-refractivity contribution in [2.45, 2.75) is 40.2 Å². The van der Waals surface area contributed by atoms with Gasteiger partial charge in [-0.2, -0.15) is 4.98 Å². The maximum Gasteiger partial charge on any atom is 0.317 e. The van der Waals surface area contributed by atoms with E-state index in [9.17, 15) is 4.79 Å². The van der Waals surface area contributed by atoms with Gasteiger partial charge in [-0.05, 0) is 18.9 Å². The van der Waals surface area contributed by atoms with Gasteiger partial charge in [0.1, 0.15) is 0 Å². The molecular weight excluding hydrogens is 234 g/mol. The highest BCUT2D eigenvalue weighted by atomic mass is 16.5. The van der Waals surface area contributed by atoms with Crippen LogP contribution in [0.2, 0.25) is 0 Å². The Balaban J connectivity index is 2.57. The molecule has 1 aromatic rings. The molecule has 0 bridgehead atoms. The monoisotopic (exact) mass is 255 g/mol. The minimum atomic E-state index is -0.842. The fraction of sp³-hybridized carbons (Fsp3) is 0.750. The molecule has 0 aromatic carbocycles. The SMILES string of the molecule is CCCN(CC(=O)O)Cc1nc(CC(C)C)no1. The van der Waals surface area contributed by atoms with Gasteiger partial charge in [-0.3, -0.25) is 9.69 Å². The van der Waals surface area contributed by atoms with Gasteiger partial charge in [0, 0.05) is 6.42 Å². The van der Waals surface area contributed by atoms with Crippen LogP contribution in [0.15, 0.2) is 4.52 Å². The fourth-order valence-corrected chi connectivity index (χ4v) is 1.72. The Bertz CT molecular complexity index is 376.